The molecule has 0 N–H and O–H groups in total. The third kappa shape index (κ3) is 5.09. The predicted molar refractivity (Wildman–Crippen MR) is 115 cm³/mol. The zero-order valence-corrected chi connectivity index (χ0v) is 17.5. The Labute approximate surface area is 165 Å². The van der Waals surface area contributed by atoms with Crippen LogP contribution in [-0.4, -0.2) is 4.57 Å². The van der Waals surface area contributed by atoms with E-state index >= 15 is 0 Å². The maximum atomic E-state index is 2.36. The molecule has 1 heterocycles. The zero-order valence-electron chi connectivity index (χ0n) is 17.5. The third-order valence-corrected chi connectivity index (χ3v) is 5.70. The molecule has 2 heteroatoms. The Hall–Kier alpha value is -2.35. The van der Waals surface area contributed by atoms with Crippen LogP contribution in [0.25, 0.3) is 0 Å². The van der Waals surface area contributed by atoms with Gasteiger partial charge < -0.3 is 7.43 Å². The van der Waals surface area contributed by atoms with Crippen molar-refractivity contribution in [3.8, 4) is 0 Å². The Bertz CT molecular complexity index is 815. The molecule has 0 bridgehead atoms. The fourth-order valence-corrected chi connectivity index (χ4v) is 3.74. The highest BCUT2D eigenvalue weighted by Gasteiger charge is 2.15. The number of nitrogens with zero attached hydrogens (tertiary/aromatic N) is 2. The highest BCUT2D eigenvalue weighted by Crippen LogP contribution is 2.32. The van der Waals surface area contributed by atoms with Gasteiger partial charge in [0.2, 0.25) is 0 Å². The maximum Gasteiger partial charge on any atom is 0.253 e. The quantitative estimate of drug-likeness (QED) is 0.371. The summed E-state index contributed by atoms with van der Waals surface area (Å²) in [5.41, 5.74) is 4.27. The zero-order chi connectivity index (χ0) is 18.5. The lowest BCUT2D eigenvalue weighted by Crippen LogP contribution is -2.29. The Kier molecular flexibility index (Phi) is 7.41. The van der Waals surface area contributed by atoms with Crippen LogP contribution in [-0.2, 0) is 13.6 Å². The number of hydrogen-bond donors (Lipinski definition) is 0. The number of aryl methyl sites for hydroxylation is 1. The van der Waals surface area contributed by atoms with E-state index < -0.39 is 0 Å². The van der Waals surface area contributed by atoms with Crippen LogP contribution in [0.2, 0.25) is 0 Å². The highest BCUT2D eigenvalue weighted by molar-refractivity contribution is 5.27. The molecule has 0 amide bonds. The molecule has 0 fully saturated rings. The van der Waals surface area contributed by atoms with Crippen LogP contribution in [0, 0.1) is 14.4 Å². The summed E-state index contributed by atoms with van der Waals surface area (Å²) in [5.74, 6) is 2.48. The number of hydrogen-bond acceptors (Lipinski definition) is 0. The van der Waals surface area contributed by atoms with E-state index in [2.05, 4.69) is 104 Å². The number of rotatable bonds is 7. The summed E-state index contributed by atoms with van der Waals surface area (Å²) >= 11 is 0. The minimum absolute atomic E-state index is 0. The average Bonchev–Trinajstić information content (AvgIpc) is 2.99. The Morgan fingerprint density at radius 3 is 2.19 bits per heavy atom. The van der Waals surface area contributed by atoms with Gasteiger partial charge in [0.15, 0.2) is 0 Å². The monoisotopic (exact) mass is 362 g/mol. The van der Waals surface area contributed by atoms with Crippen molar-refractivity contribution in [3.05, 3.63) is 96.9 Å². The van der Waals surface area contributed by atoms with Gasteiger partial charge in [-0.05, 0) is 41.4 Å². The lowest BCUT2D eigenvalue weighted by atomic mass is 9.84. The molecule has 0 saturated carbocycles. The summed E-state index contributed by atoms with van der Waals surface area (Å²) < 4.78 is 4.45. The first kappa shape index (κ1) is 21.0. The van der Waals surface area contributed by atoms with E-state index in [1.807, 2.05) is 0 Å². The highest BCUT2D eigenvalue weighted by atomic mass is 15.1. The van der Waals surface area contributed by atoms with Gasteiger partial charge in [0.25, 0.3) is 5.82 Å². The molecule has 0 aliphatic rings. The first-order chi connectivity index (χ1) is 12.6. The molecule has 2 aromatic carbocycles. The first-order valence-corrected chi connectivity index (χ1v) is 9.73. The second-order valence-corrected chi connectivity index (χ2v) is 7.48. The number of aromatic nitrogens is 2. The summed E-state index contributed by atoms with van der Waals surface area (Å²) in [6, 6.07) is 20.1. The van der Waals surface area contributed by atoms with Crippen LogP contribution in [0.15, 0.2) is 67.0 Å². The third-order valence-electron chi connectivity index (χ3n) is 5.70. The Morgan fingerprint density at radius 2 is 1.63 bits per heavy atom. The maximum absolute atomic E-state index is 2.36. The van der Waals surface area contributed by atoms with Crippen molar-refractivity contribution in [2.24, 2.45) is 7.05 Å². The van der Waals surface area contributed by atoms with E-state index in [0.29, 0.717) is 11.8 Å². The molecule has 0 radical (unpaired) electrons. The predicted octanol–water partition coefficient (Wildman–Crippen LogP) is 5.81. The smallest absolute Gasteiger partial charge is 0.253 e. The van der Waals surface area contributed by atoms with Crippen molar-refractivity contribution < 1.29 is 4.57 Å². The Balaban J connectivity index is 0.00000261. The molecule has 2 unspecified atom stereocenters. The SMILES string of the molecule is CCC(CC(C)c1ccc(Cn2cc[n+](C)c2C)cc1)c1ccccc1.[CH3-]. The van der Waals surface area contributed by atoms with Crippen LogP contribution in [0.5, 0.6) is 0 Å². The van der Waals surface area contributed by atoms with Gasteiger partial charge in [-0.25, -0.2) is 9.13 Å². The lowest BCUT2D eigenvalue weighted by Gasteiger charge is -2.20. The van der Waals surface area contributed by atoms with Crippen molar-refractivity contribution in [1.82, 2.24) is 4.57 Å². The normalized spacial score (nSPS) is 13.0. The van der Waals surface area contributed by atoms with Gasteiger partial charge in [0.05, 0.1) is 7.05 Å². The number of benzene rings is 2. The summed E-state index contributed by atoms with van der Waals surface area (Å²) in [7, 11) is 2.09. The molecule has 0 aliphatic carbocycles. The largest absolute Gasteiger partial charge is 0.358 e. The average molecular weight is 363 g/mol. The second kappa shape index (κ2) is 9.55. The molecule has 0 spiro atoms. The minimum atomic E-state index is 0. The molecular weight excluding hydrogens is 328 g/mol. The van der Waals surface area contributed by atoms with E-state index in [4.69, 9.17) is 0 Å². The van der Waals surface area contributed by atoms with Crippen LogP contribution in [0.1, 0.15) is 61.0 Å². The second-order valence-electron chi connectivity index (χ2n) is 7.48. The molecule has 0 saturated heterocycles. The molecular formula is C25H34N2. The lowest BCUT2D eigenvalue weighted by molar-refractivity contribution is -0.677. The Morgan fingerprint density at radius 1 is 0.963 bits per heavy atom. The molecule has 2 nitrogen and oxygen atoms in total. The molecule has 2 atom stereocenters. The van der Waals surface area contributed by atoms with E-state index in [9.17, 15) is 0 Å². The summed E-state index contributed by atoms with van der Waals surface area (Å²) in [5, 5.41) is 0. The van der Waals surface area contributed by atoms with Gasteiger partial charge in [-0.15, -0.1) is 0 Å². The van der Waals surface area contributed by atoms with Crippen molar-refractivity contribution in [2.45, 2.75) is 52.0 Å². The standard InChI is InChI=1S/C24H31N2.CH3/c1-5-22(24-9-7-6-8-10-24)17-19(2)23-13-11-21(12-14-23)18-26-16-15-25(4)20(26)3;/h6-16,19,22H,5,17-18H2,1-4H3;1H3/q+1;-1. The van der Waals surface area contributed by atoms with Crippen LogP contribution in [0.4, 0.5) is 0 Å². The van der Waals surface area contributed by atoms with Crippen molar-refractivity contribution in [2.75, 3.05) is 0 Å². The fourth-order valence-electron chi connectivity index (χ4n) is 3.74. The van der Waals surface area contributed by atoms with E-state index in [-0.39, 0.29) is 7.43 Å². The summed E-state index contributed by atoms with van der Waals surface area (Å²) in [6.07, 6.45) is 6.65. The van der Waals surface area contributed by atoms with Gasteiger partial charge in [-0.1, -0.05) is 68.4 Å². The van der Waals surface area contributed by atoms with Gasteiger partial charge >= 0.3 is 0 Å². The van der Waals surface area contributed by atoms with Crippen LogP contribution < -0.4 is 4.57 Å². The van der Waals surface area contributed by atoms with E-state index in [0.717, 1.165) is 6.54 Å². The molecule has 3 rings (SSSR count). The minimum Gasteiger partial charge on any atom is -0.358 e. The van der Waals surface area contributed by atoms with Gasteiger partial charge in [-0.3, -0.25) is 0 Å². The van der Waals surface area contributed by atoms with Crippen LogP contribution in [0.3, 0.4) is 0 Å². The molecule has 27 heavy (non-hydrogen) atoms. The van der Waals surface area contributed by atoms with Gasteiger partial charge in [-0.2, -0.15) is 0 Å². The van der Waals surface area contributed by atoms with E-state index in [1.54, 1.807) is 0 Å². The van der Waals surface area contributed by atoms with Crippen molar-refractivity contribution >= 4 is 0 Å². The first-order valence-electron chi connectivity index (χ1n) is 9.73. The van der Waals surface area contributed by atoms with Gasteiger partial charge in [0, 0.05) is 6.92 Å². The summed E-state index contributed by atoms with van der Waals surface area (Å²) in [4.78, 5) is 0. The number of imidazole rings is 1. The van der Waals surface area contributed by atoms with Crippen LogP contribution >= 0.6 is 0 Å². The van der Waals surface area contributed by atoms with E-state index in [1.165, 1.54) is 35.4 Å². The molecule has 0 aliphatic heterocycles. The van der Waals surface area contributed by atoms with Crippen molar-refractivity contribution in [3.63, 3.8) is 0 Å². The molecule has 144 valence electrons. The fraction of sp³-hybridized carbons (Fsp3) is 0.360. The topological polar surface area (TPSA) is 8.81 Å². The molecule has 1 aromatic heterocycles. The van der Waals surface area contributed by atoms with Gasteiger partial charge in [0.1, 0.15) is 18.9 Å². The summed E-state index contributed by atoms with van der Waals surface area (Å²) in [6.45, 7) is 7.75. The van der Waals surface area contributed by atoms with Crippen molar-refractivity contribution in [1.29, 1.82) is 0 Å². The molecule has 3 aromatic rings.